The first-order chi connectivity index (χ1) is 11.8. The van der Waals surface area contributed by atoms with Gasteiger partial charge in [0.25, 0.3) is 0 Å². The summed E-state index contributed by atoms with van der Waals surface area (Å²) < 4.78 is 5.07. The van der Waals surface area contributed by atoms with Gasteiger partial charge in [0.05, 0.1) is 11.6 Å². The van der Waals surface area contributed by atoms with Gasteiger partial charge in [-0.25, -0.2) is 14.6 Å². The Morgan fingerprint density at radius 1 is 0.917 bits per heavy atom. The predicted molar refractivity (Wildman–Crippen MR) is 87.1 cm³/mol. The summed E-state index contributed by atoms with van der Waals surface area (Å²) in [5, 5.41) is 9.01. The summed E-state index contributed by atoms with van der Waals surface area (Å²) in [6.45, 7) is 0.294. The fourth-order valence-electron chi connectivity index (χ4n) is 1.81. The van der Waals surface area contributed by atoms with E-state index in [1.807, 2.05) is 66.7 Å². The molecule has 0 unspecified atom stereocenters. The summed E-state index contributed by atoms with van der Waals surface area (Å²) in [6.07, 6.45) is 1.11. The molecule has 0 amide bonds. The first kappa shape index (κ1) is 17.4. The second kappa shape index (κ2) is 9.95. The minimum absolute atomic E-state index is 0.121. The highest BCUT2D eigenvalue weighted by molar-refractivity contribution is 5.83. The zero-order valence-corrected chi connectivity index (χ0v) is 13.1. The van der Waals surface area contributed by atoms with E-state index in [9.17, 15) is 4.79 Å². The van der Waals surface area contributed by atoms with Crippen molar-refractivity contribution in [2.75, 3.05) is 6.61 Å². The number of benzene rings is 2. The molecule has 5 heteroatoms. The Morgan fingerprint density at radius 2 is 1.50 bits per heavy atom. The Morgan fingerprint density at radius 3 is 2.08 bits per heavy atom. The van der Waals surface area contributed by atoms with E-state index in [1.54, 1.807) is 0 Å². The van der Waals surface area contributed by atoms with Gasteiger partial charge in [-0.15, -0.1) is 0 Å². The minimum atomic E-state index is -0.595. The number of carbonyl (C=O) groups is 1. The Labute approximate surface area is 140 Å². The Balaban J connectivity index is 1.72. The van der Waals surface area contributed by atoms with Gasteiger partial charge in [0.15, 0.2) is 0 Å². The van der Waals surface area contributed by atoms with Crippen molar-refractivity contribution in [3.8, 4) is 6.07 Å². The largest absolute Gasteiger partial charge is 0.458 e. The van der Waals surface area contributed by atoms with Gasteiger partial charge in [0, 0.05) is 6.08 Å². The Kier molecular flexibility index (Phi) is 7.22. The van der Waals surface area contributed by atoms with Gasteiger partial charge in [-0.3, -0.25) is 0 Å². The van der Waals surface area contributed by atoms with Crippen LogP contribution in [0.4, 0.5) is 0 Å². The average Bonchev–Trinajstić information content (AvgIpc) is 2.64. The van der Waals surface area contributed by atoms with Crippen LogP contribution in [-0.2, 0) is 32.5 Å². The zero-order chi connectivity index (χ0) is 17.0. The van der Waals surface area contributed by atoms with E-state index in [0.717, 1.165) is 17.2 Å². The quantitative estimate of drug-likeness (QED) is 0.186. The molecule has 0 atom stereocenters. The number of carbonyl (C=O) groups excluding carboxylic acids is 1. The summed E-state index contributed by atoms with van der Waals surface area (Å²) in [5.41, 5.74) is 1.95. The van der Waals surface area contributed by atoms with Crippen LogP contribution < -0.4 is 0 Å². The Hall–Kier alpha value is -2.94. The molecule has 24 heavy (non-hydrogen) atoms. The third-order valence-corrected chi connectivity index (χ3v) is 3.03. The summed E-state index contributed by atoms with van der Waals surface area (Å²) in [7, 11) is 0. The van der Waals surface area contributed by atoms with Gasteiger partial charge in [-0.05, 0) is 11.1 Å². The number of rotatable bonds is 8. The molecule has 0 N–H and O–H groups in total. The molecule has 0 saturated carbocycles. The fourth-order valence-corrected chi connectivity index (χ4v) is 1.81. The number of nitrogens with zero attached hydrogens (tertiary/aromatic N) is 1. The predicted octanol–water partition coefficient (Wildman–Crippen LogP) is 3.33. The topological polar surface area (TPSA) is 68.6 Å². The maximum Gasteiger partial charge on any atom is 0.332 e. The summed E-state index contributed by atoms with van der Waals surface area (Å²) in [6, 6.07) is 20.7. The van der Waals surface area contributed by atoms with Crippen LogP contribution in [0.5, 0.6) is 0 Å². The third kappa shape index (κ3) is 6.44. The molecular formula is C19H17NO4. The van der Waals surface area contributed by atoms with Crippen LogP contribution in [-0.4, -0.2) is 12.6 Å². The van der Waals surface area contributed by atoms with Crippen molar-refractivity contribution >= 4 is 5.97 Å². The van der Waals surface area contributed by atoms with E-state index in [4.69, 9.17) is 19.8 Å². The van der Waals surface area contributed by atoms with E-state index in [0.29, 0.717) is 0 Å². The molecule has 2 aromatic rings. The van der Waals surface area contributed by atoms with Gasteiger partial charge in [-0.2, -0.15) is 5.26 Å². The van der Waals surface area contributed by atoms with E-state index >= 15 is 0 Å². The number of esters is 1. The van der Waals surface area contributed by atoms with E-state index in [1.165, 1.54) is 0 Å². The molecule has 122 valence electrons. The average molecular weight is 323 g/mol. The van der Waals surface area contributed by atoms with Crippen molar-refractivity contribution in [2.24, 2.45) is 0 Å². The van der Waals surface area contributed by atoms with E-state index in [-0.39, 0.29) is 25.4 Å². The molecule has 0 aliphatic carbocycles. The van der Waals surface area contributed by atoms with Crippen molar-refractivity contribution in [2.45, 2.75) is 13.2 Å². The van der Waals surface area contributed by atoms with Crippen molar-refractivity contribution in [3.05, 3.63) is 83.4 Å². The second-order valence-electron chi connectivity index (χ2n) is 4.88. The monoisotopic (exact) mass is 323 g/mol. The molecule has 0 aliphatic rings. The van der Waals surface area contributed by atoms with Crippen molar-refractivity contribution < 1.29 is 19.3 Å². The van der Waals surface area contributed by atoms with Crippen LogP contribution >= 0.6 is 0 Å². The lowest BCUT2D eigenvalue weighted by molar-refractivity contribution is -0.297. The zero-order valence-electron chi connectivity index (χ0n) is 13.1. The number of hydrogen-bond donors (Lipinski definition) is 0. The smallest absolute Gasteiger partial charge is 0.332 e. The number of hydrogen-bond acceptors (Lipinski definition) is 5. The molecule has 5 nitrogen and oxygen atoms in total. The van der Waals surface area contributed by atoms with Crippen LogP contribution in [0.15, 0.2) is 72.3 Å². The fraction of sp³-hybridized carbons (Fsp3) is 0.158. The SMILES string of the molecule is N#C/C(=C\C(=O)OCc1ccccc1)COOCc1ccccc1. The summed E-state index contributed by atoms with van der Waals surface area (Å²) in [4.78, 5) is 21.7. The molecule has 0 fully saturated rings. The van der Waals surface area contributed by atoms with Crippen LogP contribution in [0, 0.1) is 11.3 Å². The maximum absolute atomic E-state index is 11.7. The van der Waals surface area contributed by atoms with Crippen LogP contribution in [0.3, 0.4) is 0 Å². The van der Waals surface area contributed by atoms with Crippen molar-refractivity contribution in [1.29, 1.82) is 5.26 Å². The normalized spacial score (nSPS) is 10.9. The second-order valence-corrected chi connectivity index (χ2v) is 4.88. The molecule has 0 bridgehead atoms. The van der Waals surface area contributed by atoms with Crippen LogP contribution in [0.1, 0.15) is 11.1 Å². The highest BCUT2D eigenvalue weighted by Crippen LogP contribution is 2.04. The van der Waals surface area contributed by atoms with Crippen LogP contribution in [0.2, 0.25) is 0 Å². The number of nitriles is 1. The van der Waals surface area contributed by atoms with Gasteiger partial charge in [-0.1, -0.05) is 60.7 Å². The summed E-state index contributed by atoms with van der Waals surface area (Å²) >= 11 is 0. The molecule has 0 radical (unpaired) electrons. The molecule has 2 aromatic carbocycles. The molecular weight excluding hydrogens is 306 g/mol. The van der Waals surface area contributed by atoms with Gasteiger partial charge in [0.2, 0.25) is 0 Å². The first-order valence-electron chi connectivity index (χ1n) is 7.37. The van der Waals surface area contributed by atoms with E-state index < -0.39 is 5.97 Å². The van der Waals surface area contributed by atoms with Gasteiger partial charge >= 0.3 is 5.97 Å². The van der Waals surface area contributed by atoms with Crippen LogP contribution in [0.25, 0.3) is 0 Å². The summed E-state index contributed by atoms with van der Waals surface area (Å²) in [5.74, 6) is -0.595. The first-order valence-corrected chi connectivity index (χ1v) is 7.37. The lowest BCUT2D eigenvalue weighted by Crippen LogP contribution is -2.05. The third-order valence-electron chi connectivity index (χ3n) is 3.03. The minimum Gasteiger partial charge on any atom is -0.458 e. The van der Waals surface area contributed by atoms with E-state index in [2.05, 4.69) is 0 Å². The number of ether oxygens (including phenoxy) is 1. The molecule has 0 aliphatic heterocycles. The molecule has 0 heterocycles. The van der Waals surface area contributed by atoms with Gasteiger partial charge < -0.3 is 4.74 Å². The van der Waals surface area contributed by atoms with Gasteiger partial charge in [0.1, 0.15) is 19.8 Å². The molecule has 0 spiro atoms. The van der Waals surface area contributed by atoms with Crippen molar-refractivity contribution in [1.82, 2.24) is 0 Å². The lowest BCUT2D eigenvalue weighted by atomic mass is 10.2. The standard InChI is InChI=1S/C19H17NO4/c20-12-18(15-24-23-14-17-9-5-2-6-10-17)11-19(21)22-13-16-7-3-1-4-8-16/h1-11H,13-15H2/b18-11+. The maximum atomic E-state index is 11.7. The molecule has 0 saturated heterocycles. The highest BCUT2D eigenvalue weighted by Gasteiger charge is 2.04. The lowest BCUT2D eigenvalue weighted by Gasteiger charge is -2.04. The molecule has 0 aromatic heterocycles. The van der Waals surface area contributed by atoms with Crippen molar-refractivity contribution in [3.63, 3.8) is 0 Å². The molecule has 2 rings (SSSR count). The Bertz CT molecular complexity index is 705. The highest BCUT2D eigenvalue weighted by atomic mass is 17.2.